The van der Waals surface area contributed by atoms with Gasteiger partial charge in [-0.2, -0.15) is 0 Å². The Bertz CT molecular complexity index is 391. The monoisotopic (exact) mass is 253 g/mol. The molecule has 0 saturated carbocycles. The number of halogens is 1. The van der Waals surface area contributed by atoms with Crippen molar-refractivity contribution in [2.45, 2.75) is 39.3 Å². The minimum atomic E-state index is -0.802. The van der Waals surface area contributed by atoms with Gasteiger partial charge in [-0.1, -0.05) is 19.1 Å². The van der Waals surface area contributed by atoms with Crippen LogP contribution in [0.3, 0.4) is 0 Å². The van der Waals surface area contributed by atoms with E-state index >= 15 is 0 Å². The van der Waals surface area contributed by atoms with Gasteiger partial charge >= 0.3 is 5.97 Å². The second-order valence-corrected chi connectivity index (χ2v) is 4.81. The Balaban J connectivity index is 2.48. The van der Waals surface area contributed by atoms with Gasteiger partial charge in [-0.3, -0.25) is 4.79 Å². The predicted octanol–water partition coefficient (Wildman–Crippen LogP) is 2.46. The molecule has 18 heavy (non-hydrogen) atoms. The third-order valence-electron chi connectivity index (χ3n) is 3.14. The van der Waals surface area contributed by atoms with E-state index in [1.807, 2.05) is 13.8 Å². The quantitative estimate of drug-likeness (QED) is 0.818. The Hall–Kier alpha value is -1.42. The molecule has 0 heterocycles. The first-order valence-electron chi connectivity index (χ1n) is 6.13. The summed E-state index contributed by atoms with van der Waals surface area (Å²) in [5, 5.41) is 12.2. The smallest absolute Gasteiger partial charge is 0.307 e. The Kier molecular flexibility index (Phi) is 5.28. The minimum Gasteiger partial charge on any atom is -0.481 e. The van der Waals surface area contributed by atoms with Crippen molar-refractivity contribution in [3.05, 3.63) is 35.6 Å². The summed E-state index contributed by atoms with van der Waals surface area (Å²) in [6, 6.07) is 6.42. The van der Waals surface area contributed by atoms with Crippen molar-refractivity contribution in [2.24, 2.45) is 5.92 Å². The van der Waals surface area contributed by atoms with Gasteiger partial charge in [-0.05, 0) is 38.0 Å². The number of rotatable bonds is 6. The average molecular weight is 253 g/mol. The molecule has 1 rings (SSSR count). The van der Waals surface area contributed by atoms with Crippen molar-refractivity contribution in [1.82, 2.24) is 5.32 Å². The van der Waals surface area contributed by atoms with Crippen LogP contribution in [-0.4, -0.2) is 23.2 Å². The molecule has 0 aliphatic heterocycles. The number of aliphatic carboxylic acids is 1. The van der Waals surface area contributed by atoms with Crippen molar-refractivity contribution in [3.63, 3.8) is 0 Å². The fraction of sp³-hybridized carbons (Fsp3) is 0.500. The molecule has 1 aromatic rings. The lowest BCUT2D eigenvalue weighted by Gasteiger charge is -2.23. The zero-order valence-corrected chi connectivity index (χ0v) is 11.0. The molecule has 4 heteroatoms. The summed E-state index contributed by atoms with van der Waals surface area (Å²) in [6.45, 7) is 5.54. The van der Waals surface area contributed by atoms with E-state index in [2.05, 4.69) is 5.32 Å². The highest BCUT2D eigenvalue weighted by Crippen LogP contribution is 2.08. The molecule has 0 fully saturated rings. The highest BCUT2D eigenvalue weighted by molar-refractivity contribution is 5.70. The molecular formula is C14H20FNO2. The van der Waals surface area contributed by atoms with Crippen LogP contribution in [0.1, 0.15) is 26.3 Å². The summed E-state index contributed by atoms with van der Waals surface area (Å²) in [6.07, 6.45) is 0.747. The molecule has 0 amide bonds. The lowest BCUT2D eigenvalue weighted by Crippen LogP contribution is -2.42. The normalized spacial score (nSPS) is 16.0. The van der Waals surface area contributed by atoms with Crippen molar-refractivity contribution < 1.29 is 14.3 Å². The molecule has 100 valence electrons. The number of hydrogen-bond donors (Lipinski definition) is 2. The second-order valence-electron chi connectivity index (χ2n) is 4.81. The molecule has 2 N–H and O–H groups in total. The summed E-state index contributed by atoms with van der Waals surface area (Å²) >= 11 is 0. The van der Waals surface area contributed by atoms with Crippen LogP contribution in [0.5, 0.6) is 0 Å². The lowest BCUT2D eigenvalue weighted by atomic mass is 10.0. The van der Waals surface area contributed by atoms with Gasteiger partial charge in [0.15, 0.2) is 0 Å². The topological polar surface area (TPSA) is 49.3 Å². The van der Waals surface area contributed by atoms with Crippen LogP contribution < -0.4 is 5.32 Å². The van der Waals surface area contributed by atoms with Crippen molar-refractivity contribution in [1.29, 1.82) is 0 Å². The first-order chi connectivity index (χ1) is 8.40. The van der Waals surface area contributed by atoms with Crippen LogP contribution in [-0.2, 0) is 11.2 Å². The first-order valence-corrected chi connectivity index (χ1v) is 6.13. The van der Waals surface area contributed by atoms with Crippen LogP contribution in [0.15, 0.2) is 24.3 Å². The molecule has 0 spiro atoms. The summed E-state index contributed by atoms with van der Waals surface area (Å²) in [5.74, 6) is -1.48. The van der Waals surface area contributed by atoms with Gasteiger partial charge in [-0.15, -0.1) is 0 Å². The van der Waals surface area contributed by atoms with Crippen LogP contribution in [0, 0.1) is 11.7 Å². The molecule has 3 unspecified atom stereocenters. The Labute approximate surface area is 107 Å². The first kappa shape index (κ1) is 14.6. The maximum Gasteiger partial charge on any atom is 0.307 e. The summed E-state index contributed by atoms with van der Waals surface area (Å²) < 4.78 is 12.7. The summed E-state index contributed by atoms with van der Waals surface area (Å²) in [7, 11) is 0. The van der Waals surface area contributed by atoms with Gasteiger partial charge in [0.2, 0.25) is 0 Å². The molecule has 0 aliphatic carbocycles. The summed E-state index contributed by atoms with van der Waals surface area (Å²) in [4.78, 5) is 10.8. The van der Waals surface area contributed by atoms with E-state index in [4.69, 9.17) is 5.11 Å². The van der Waals surface area contributed by atoms with Crippen molar-refractivity contribution in [3.8, 4) is 0 Å². The maximum absolute atomic E-state index is 12.7. The van der Waals surface area contributed by atoms with E-state index in [-0.39, 0.29) is 17.9 Å². The molecule has 1 aromatic carbocycles. The molecule has 0 aromatic heterocycles. The van der Waals surface area contributed by atoms with Gasteiger partial charge in [0, 0.05) is 12.1 Å². The molecule has 3 atom stereocenters. The van der Waals surface area contributed by atoms with Crippen LogP contribution in [0.25, 0.3) is 0 Å². The van der Waals surface area contributed by atoms with E-state index in [1.54, 1.807) is 19.1 Å². The van der Waals surface area contributed by atoms with Crippen LogP contribution >= 0.6 is 0 Å². The number of carboxylic acids is 1. The van der Waals surface area contributed by atoms with Crippen LogP contribution in [0.4, 0.5) is 4.39 Å². The highest BCUT2D eigenvalue weighted by atomic mass is 19.1. The summed E-state index contributed by atoms with van der Waals surface area (Å²) in [5.41, 5.74) is 1.03. The zero-order valence-electron chi connectivity index (χ0n) is 11.0. The molecular weight excluding hydrogens is 233 g/mol. The van der Waals surface area contributed by atoms with Gasteiger partial charge in [0.05, 0.1) is 5.92 Å². The Morgan fingerprint density at radius 1 is 1.28 bits per heavy atom. The van der Waals surface area contributed by atoms with Crippen LogP contribution in [0.2, 0.25) is 0 Å². The van der Waals surface area contributed by atoms with Gasteiger partial charge < -0.3 is 10.4 Å². The molecule has 0 aliphatic rings. The zero-order chi connectivity index (χ0) is 13.7. The predicted molar refractivity (Wildman–Crippen MR) is 69.0 cm³/mol. The minimum absolute atomic E-state index is 0.0991. The van der Waals surface area contributed by atoms with E-state index < -0.39 is 11.9 Å². The molecule has 0 bridgehead atoms. The Morgan fingerprint density at radius 3 is 2.33 bits per heavy atom. The number of nitrogens with one attached hydrogen (secondary N) is 1. The Morgan fingerprint density at radius 2 is 1.83 bits per heavy atom. The fourth-order valence-electron chi connectivity index (χ4n) is 1.84. The van der Waals surface area contributed by atoms with Gasteiger partial charge in [0.1, 0.15) is 5.82 Å². The van der Waals surface area contributed by atoms with Crippen molar-refractivity contribution in [2.75, 3.05) is 0 Å². The molecule has 0 radical (unpaired) electrons. The molecule has 0 saturated heterocycles. The third kappa shape index (κ3) is 4.45. The van der Waals surface area contributed by atoms with Crippen molar-refractivity contribution >= 4 is 5.97 Å². The number of benzene rings is 1. The maximum atomic E-state index is 12.7. The fourth-order valence-corrected chi connectivity index (χ4v) is 1.84. The van der Waals surface area contributed by atoms with E-state index in [9.17, 15) is 9.18 Å². The van der Waals surface area contributed by atoms with E-state index in [1.165, 1.54) is 12.1 Å². The SMILES string of the molecule is CC(Cc1ccc(F)cc1)NC(C)C(C)C(=O)O. The highest BCUT2D eigenvalue weighted by Gasteiger charge is 2.20. The van der Waals surface area contributed by atoms with E-state index in [0.29, 0.717) is 0 Å². The number of hydrogen-bond acceptors (Lipinski definition) is 2. The molecule has 3 nitrogen and oxygen atoms in total. The van der Waals surface area contributed by atoms with E-state index in [0.717, 1.165) is 12.0 Å². The lowest BCUT2D eigenvalue weighted by molar-refractivity contribution is -0.142. The standard InChI is InChI=1S/C14H20FNO2/c1-9(16-11(3)10(2)14(17)18)8-12-4-6-13(15)7-5-12/h4-7,9-11,16H,8H2,1-3H3,(H,17,18). The number of carbonyl (C=O) groups is 1. The third-order valence-corrected chi connectivity index (χ3v) is 3.14. The average Bonchev–Trinajstić information content (AvgIpc) is 2.30. The largest absolute Gasteiger partial charge is 0.481 e. The van der Waals surface area contributed by atoms with Gasteiger partial charge in [0.25, 0.3) is 0 Å². The second kappa shape index (κ2) is 6.50. The number of carboxylic acid groups (broad SMARTS) is 1. The van der Waals surface area contributed by atoms with Gasteiger partial charge in [-0.25, -0.2) is 4.39 Å².